The summed E-state index contributed by atoms with van der Waals surface area (Å²) in [5.74, 6) is 0.561. The van der Waals surface area contributed by atoms with Gasteiger partial charge in [-0.3, -0.25) is 9.69 Å². The highest BCUT2D eigenvalue weighted by molar-refractivity contribution is 7.22. The highest BCUT2D eigenvalue weighted by Crippen LogP contribution is 2.39. The van der Waals surface area contributed by atoms with E-state index < -0.39 is 5.60 Å². The van der Waals surface area contributed by atoms with E-state index in [2.05, 4.69) is 25.2 Å². The van der Waals surface area contributed by atoms with Crippen molar-refractivity contribution in [3.05, 3.63) is 52.3 Å². The fourth-order valence-electron chi connectivity index (χ4n) is 5.60. The van der Waals surface area contributed by atoms with Crippen molar-refractivity contribution in [3.8, 4) is 0 Å². The van der Waals surface area contributed by atoms with Crippen LogP contribution in [0.5, 0.6) is 0 Å². The lowest BCUT2D eigenvalue weighted by Gasteiger charge is -2.41. The molecule has 2 aliphatic rings. The smallest absolute Gasteiger partial charge is 0.241 e. The van der Waals surface area contributed by atoms with Crippen LogP contribution in [0.2, 0.25) is 10.0 Å². The summed E-state index contributed by atoms with van der Waals surface area (Å²) in [6, 6.07) is 9.58. The number of nitrogen functional groups attached to an aromatic ring is 1. The van der Waals surface area contributed by atoms with Gasteiger partial charge in [0.2, 0.25) is 5.91 Å². The molecule has 0 bridgehead atoms. The molecule has 1 atom stereocenters. The highest BCUT2D eigenvalue weighted by atomic mass is 35.5. The molecule has 1 unspecified atom stereocenters. The zero-order valence-corrected chi connectivity index (χ0v) is 22.9. The zero-order valence-electron chi connectivity index (χ0n) is 20.5. The number of thiazole rings is 1. The van der Waals surface area contributed by atoms with E-state index in [1.807, 2.05) is 23.1 Å². The quantitative estimate of drug-likeness (QED) is 0.327. The molecule has 2 aromatic carbocycles. The summed E-state index contributed by atoms with van der Waals surface area (Å²) < 4.78 is 0.997. The average molecular weight is 573 g/mol. The number of hydrogen-bond donors (Lipinski definition) is 3. The van der Waals surface area contributed by atoms with Gasteiger partial charge < -0.3 is 21.1 Å². The second-order valence-corrected chi connectivity index (χ2v) is 11.8. The number of hydrogen-bond acceptors (Lipinski definition) is 9. The molecular weight excluding hydrogens is 545 g/mol. The van der Waals surface area contributed by atoms with Crippen molar-refractivity contribution in [1.29, 1.82) is 0 Å². The predicted molar refractivity (Wildman–Crippen MR) is 152 cm³/mol. The third-order valence-electron chi connectivity index (χ3n) is 7.68. The summed E-state index contributed by atoms with van der Waals surface area (Å²) >= 11 is 13.7. The number of aromatic nitrogens is 3. The van der Waals surface area contributed by atoms with Gasteiger partial charge in [0, 0.05) is 43.2 Å². The molecule has 0 aliphatic carbocycles. The molecule has 9 nitrogen and oxygen atoms in total. The number of likely N-dealkylation sites (tertiary alicyclic amines) is 2. The van der Waals surface area contributed by atoms with Crippen molar-refractivity contribution < 1.29 is 9.90 Å². The van der Waals surface area contributed by atoms with Crippen LogP contribution in [0.15, 0.2) is 36.7 Å². The van der Waals surface area contributed by atoms with Gasteiger partial charge >= 0.3 is 0 Å². The zero-order chi connectivity index (χ0) is 26.4. The monoisotopic (exact) mass is 571 g/mol. The predicted octanol–water partition coefficient (Wildman–Crippen LogP) is 4.12. The number of carbonyl (C=O) groups excluding carboxylic acids is 1. The number of piperidine rings is 1. The van der Waals surface area contributed by atoms with Crippen molar-refractivity contribution in [3.63, 3.8) is 0 Å². The molecule has 2 saturated heterocycles. The molecule has 2 aliphatic heterocycles. The molecule has 38 heavy (non-hydrogen) atoms. The summed E-state index contributed by atoms with van der Waals surface area (Å²) in [5, 5.41) is 16.7. The van der Waals surface area contributed by atoms with Crippen molar-refractivity contribution in [2.45, 2.75) is 30.9 Å². The summed E-state index contributed by atoms with van der Waals surface area (Å²) in [6.07, 6.45) is 3.57. The Hall–Kier alpha value is -2.76. The molecule has 6 rings (SSSR count). The first-order valence-corrected chi connectivity index (χ1v) is 14.1. The SMILES string of the molecule is Nc1nc2c(C3(O)CCN(C4CCN(C(=O)CNc5ncnc6cc(Cl)c(Cl)cc56)C4)CC3)cccc2s1. The number of fused-ring (bicyclic) bond motifs is 2. The molecule has 4 N–H and O–H groups in total. The maximum absolute atomic E-state index is 13.0. The van der Waals surface area contributed by atoms with Crippen molar-refractivity contribution in [2.75, 3.05) is 43.8 Å². The average Bonchev–Trinajstić information content (AvgIpc) is 3.55. The third kappa shape index (κ3) is 4.76. The standard InChI is InChI=1S/C26H27Cl2N7O2S/c27-18-10-16-20(11-19(18)28)31-14-32-24(16)30-12-22(36)35-7-4-15(13-35)34-8-5-26(37,6-9-34)17-2-1-3-21-23(17)33-25(29)38-21/h1-3,10-11,14-15,37H,4-9,12-13H2,(H2,29,33)(H,30,31,32). The Balaban J connectivity index is 1.06. The van der Waals surface area contributed by atoms with E-state index in [1.54, 1.807) is 12.1 Å². The van der Waals surface area contributed by atoms with Crippen LogP contribution in [-0.4, -0.2) is 74.5 Å². The fraction of sp³-hybridized carbons (Fsp3) is 0.385. The van der Waals surface area contributed by atoms with Gasteiger partial charge in [-0.05, 0) is 37.5 Å². The Morgan fingerprint density at radius 3 is 2.79 bits per heavy atom. The van der Waals surface area contributed by atoms with Crippen LogP contribution in [0.25, 0.3) is 21.1 Å². The summed E-state index contributed by atoms with van der Waals surface area (Å²) in [7, 11) is 0. The van der Waals surface area contributed by atoms with Crippen LogP contribution >= 0.6 is 34.5 Å². The number of nitrogens with two attached hydrogens (primary N) is 1. The molecule has 4 heterocycles. The molecule has 12 heteroatoms. The first-order valence-electron chi connectivity index (χ1n) is 12.5. The number of anilines is 2. The summed E-state index contributed by atoms with van der Waals surface area (Å²) in [6.45, 7) is 3.01. The Morgan fingerprint density at radius 1 is 1.18 bits per heavy atom. The number of carbonyl (C=O) groups is 1. The Morgan fingerprint density at radius 2 is 1.97 bits per heavy atom. The molecule has 4 aromatic rings. The molecule has 198 valence electrons. The largest absolute Gasteiger partial charge is 0.385 e. The molecule has 2 aromatic heterocycles. The first kappa shape index (κ1) is 25.5. The fourth-order valence-corrected chi connectivity index (χ4v) is 6.68. The van der Waals surface area contributed by atoms with Crippen LogP contribution in [0, 0.1) is 0 Å². The minimum Gasteiger partial charge on any atom is -0.385 e. The van der Waals surface area contributed by atoms with Gasteiger partial charge in [-0.1, -0.05) is 46.7 Å². The minimum atomic E-state index is -0.929. The number of nitrogens with zero attached hydrogens (tertiary/aromatic N) is 5. The first-order chi connectivity index (χ1) is 18.3. The number of rotatable bonds is 5. The van der Waals surface area contributed by atoms with Crippen molar-refractivity contribution in [2.24, 2.45) is 0 Å². The lowest BCUT2D eigenvalue weighted by atomic mass is 9.83. The number of amides is 1. The van der Waals surface area contributed by atoms with E-state index in [9.17, 15) is 9.90 Å². The molecular formula is C26H27Cl2N7O2S. The van der Waals surface area contributed by atoms with Crippen molar-refractivity contribution in [1.82, 2.24) is 24.8 Å². The van der Waals surface area contributed by atoms with E-state index in [0.29, 0.717) is 57.8 Å². The van der Waals surface area contributed by atoms with Crippen molar-refractivity contribution >= 4 is 72.5 Å². The Kier molecular flexibility index (Phi) is 6.77. The molecule has 2 fully saturated rings. The van der Waals surface area contributed by atoms with Gasteiger partial charge in [-0.2, -0.15) is 0 Å². The number of aliphatic hydroxyl groups is 1. The lowest BCUT2D eigenvalue weighted by molar-refractivity contribution is -0.128. The second kappa shape index (κ2) is 10.1. The second-order valence-electron chi connectivity index (χ2n) is 9.91. The van der Waals surface area contributed by atoms with E-state index in [-0.39, 0.29) is 18.5 Å². The van der Waals surface area contributed by atoms with Gasteiger partial charge in [-0.15, -0.1) is 0 Å². The minimum absolute atomic E-state index is 0.0145. The van der Waals surface area contributed by atoms with Crippen LogP contribution in [0.3, 0.4) is 0 Å². The highest BCUT2D eigenvalue weighted by Gasteiger charge is 2.39. The maximum atomic E-state index is 13.0. The van der Waals surface area contributed by atoms with Crippen LogP contribution in [0.1, 0.15) is 24.8 Å². The number of benzene rings is 2. The van der Waals surface area contributed by atoms with Gasteiger partial charge in [0.25, 0.3) is 0 Å². The number of para-hydroxylation sites is 1. The Labute approximate surface area is 233 Å². The van der Waals surface area contributed by atoms with E-state index in [1.165, 1.54) is 17.7 Å². The maximum Gasteiger partial charge on any atom is 0.241 e. The van der Waals surface area contributed by atoms with Gasteiger partial charge in [0.1, 0.15) is 12.1 Å². The van der Waals surface area contributed by atoms with E-state index in [4.69, 9.17) is 28.9 Å². The normalized spacial score (nSPS) is 19.9. The molecule has 1 amide bonds. The molecule has 0 radical (unpaired) electrons. The van der Waals surface area contributed by atoms with Gasteiger partial charge in [-0.25, -0.2) is 15.0 Å². The third-order valence-corrected chi connectivity index (χ3v) is 9.25. The van der Waals surface area contributed by atoms with Gasteiger partial charge in [0.15, 0.2) is 5.13 Å². The van der Waals surface area contributed by atoms with E-state index >= 15 is 0 Å². The number of nitrogens with one attached hydrogen (secondary N) is 1. The van der Waals surface area contributed by atoms with Crippen LogP contribution < -0.4 is 11.1 Å². The van der Waals surface area contributed by atoms with Crippen LogP contribution in [-0.2, 0) is 10.4 Å². The lowest BCUT2D eigenvalue weighted by Crippen LogP contribution is -2.48. The summed E-state index contributed by atoms with van der Waals surface area (Å²) in [5.41, 5.74) is 7.32. The van der Waals surface area contributed by atoms with E-state index in [0.717, 1.165) is 35.3 Å². The summed E-state index contributed by atoms with van der Waals surface area (Å²) in [4.78, 5) is 30.3. The molecule has 0 spiro atoms. The van der Waals surface area contributed by atoms with Gasteiger partial charge in [0.05, 0.1) is 37.9 Å². The number of halogens is 2. The topological polar surface area (TPSA) is 120 Å². The van der Waals surface area contributed by atoms with Crippen LogP contribution in [0.4, 0.5) is 10.9 Å². The Bertz CT molecular complexity index is 1520. The molecule has 0 saturated carbocycles.